The molecule has 0 radical (unpaired) electrons. The molecule has 2 N–H and O–H groups in total. The number of carbonyl (C=O) groups is 2. The fraction of sp³-hybridized carbons (Fsp3) is 0.846. The molecule has 0 saturated carbocycles. The maximum atomic E-state index is 11.5. The van der Waals surface area contributed by atoms with E-state index in [1.165, 1.54) is 0 Å². The van der Waals surface area contributed by atoms with Crippen molar-refractivity contribution in [2.75, 3.05) is 0 Å². The molecule has 0 aliphatic rings. The number of rotatable bonds is 6. The Morgan fingerprint density at radius 3 is 2.00 bits per heavy atom. The summed E-state index contributed by atoms with van der Waals surface area (Å²) >= 11 is 0. The highest BCUT2D eigenvalue weighted by Crippen LogP contribution is 2.11. The maximum Gasteiger partial charge on any atom is 0.323 e. The van der Waals surface area contributed by atoms with Crippen molar-refractivity contribution in [1.29, 1.82) is 0 Å². The lowest BCUT2D eigenvalue weighted by atomic mass is 10.1. The first-order valence-corrected chi connectivity index (χ1v) is 6.29. The number of hydrogen-bond donors (Lipinski definition) is 2. The van der Waals surface area contributed by atoms with Gasteiger partial charge in [0.05, 0.1) is 5.60 Å². The molecule has 6 nitrogen and oxygen atoms in total. The SMILES string of the molecule is CC(C)(C)ON[C@@H](CCC(=O)OC(C)(C)C)C(=O)O. The topological polar surface area (TPSA) is 84.9 Å². The minimum Gasteiger partial charge on any atom is -0.480 e. The summed E-state index contributed by atoms with van der Waals surface area (Å²) in [7, 11) is 0. The lowest BCUT2D eigenvalue weighted by Gasteiger charge is -2.23. The highest BCUT2D eigenvalue weighted by molar-refractivity contribution is 5.75. The van der Waals surface area contributed by atoms with E-state index in [2.05, 4.69) is 5.48 Å². The summed E-state index contributed by atoms with van der Waals surface area (Å²) < 4.78 is 5.11. The zero-order valence-corrected chi connectivity index (χ0v) is 12.6. The van der Waals surface area contributed by atoms with Crippen LogP contribution >= 0.6 is 0 Å². The van der Waals surface area contributed by atoms with Crippen LogP contribution in [0.5, 0.6) is 0 Å². The Kier molecular flexibility index (Phi) is 6.45. The number of ether oxygens (including phenoxy) is 1. The molecule has 112 valence electrons. The Balaban J connectivity index is 4.23. The van der Waals surface area contributed by atoms with Gasteiger partial charge in [-0.2, -0.15) is 5.48 Å². The third-order valence-corrected chi connectivity index (χ3v) is 1.86. The molecule has 0 bridgehead atoms. The van der Waals surface area contributed by atoms with Crippen LogP contribution in [0.3, 0.4) is 0 Å². The summed E-state index contributed by atoms with van der Waals surface area (Å²) in [5.74, 6) is -1.48. The molecule has 0 amide bonds. The molecule has 0 aliphatic carbocycles. The number of nitrogens with one attached hydrogen (secondary N) is 1. The van der Waals surface area contributed by atoms with E-state index in [1.807, 2.05) is 0 Å². The van der Waals surface area contributed by atoms with Crippen molar-refractivity contribution in [2.24, 2.45) is 0 Å². The summed E-state index contributed by atoms with van der Waals surface area (Å²) in [5.41, 5.74) is 1.41. The predicted molar refractivity (Wildman–Crippen MR) is 70.5 cm³/mol. The van der Waals surface area contributed by atoms with E-state index in [4.69, 9.17) is 14.7 Å². The summed E-state index contributed by atoms with van der Waals surface area (Å²) in [5, 5.41) is 9.02. The Morgan fingerprint density at radius 2 is 1.63 bits per heavy atom. The van der Waals surface area contributed by atoms with Gasteiger partial charge in [0.25, 0.3) is 0 Å². The monoisotopic (exact) mass is 275 g/mol. The lowest BCUT2D eigenvalue weighted by Crippen LogP contribution is -2.42. The van der Waals surface area contributed by atoms with Gasteiger partial charge in [-0.3, -0.25) is 14.4 Å². The van der Waals surface area contributed by atoms with Crippen molar-refractivity contribution in [1.82, 2.24) is 5.48 Å². The summed E-state index contributed by atoms with van der Waals surface area (Å²) in [6, 6.07) is -0.938. The van der Waals surface area contributed by atoms with Gasteiger partial charge in [-0.15, -0.1) is 0 Å². The Morgan fingerprint density at radius 1 is 1.11 bits per heavy atom. The second kappa shape index (κ2) is 6.86. The second-order valence-corrected chi connectivity index (χ2v) is 6.35. The van der Waals surface area contributed by atoms with Crippen LogP contribution in [-0.2, 0) is 19.2 Å². The summed E-state index contributed by atoms with van der Waals surface area (Å²) in [6.07, 6.45) is 0.134. The van der Waals surface area contributed by atoms with Gasteiger partial charge in [0, 0.05) is 6.42 Å². The van der Waals surface area contributed by atoms with Gasteiger partial charge in [-0.1, -0.05) is 0 Å². The summed E-state index contributed by atoms with van der Waals surface area (Å²) in [4.78, 5) is 27.7. The average Bonchev–Trinajstić information content (AvgIpc) is 2.11. The fourth-order valence-corrected chi connectivity index (χ4v) is 1.14. The van der Waals surface area contributed by atoms with E-state index in [9.17, 15) is 9.59 Å². The largest absolute Gasteiger partial charge is 0.480 e. The number of carboxylic acids is 1. The molecule has 0 unspecified atom stereocenters. The first-order valence-electron chi connectivity index (χ1n) is 6.29. The number of hydroxylamine groups is 1. The van der Waals surface area contributed by atoms with Crippen molar-refractivity contribution in [3.8, 4) is 0 Å². The van der Waals surface area contributed by atoms with Gasteiger partial charge in [-0.25, -0.2) is 0 Å². The quantitative estimate of drug-likeness (QED) is 0.568. The van der Waals surface area contributed by atoms with E-state index in [1.54, 1.807) is 41.5 Å². The highest BCUT2D eigenvalue weighted by atomic mass is 16.7. The molecule has 0 aromatic carbocycles. The molecule has 0 heterocycles. The van der Waals surface area contributed by atoms with E-state index in [-0.39, 0.29) is 12.8 Å². The molecule has 1 atom stereocenters. The van der Waals surface area contributed by atoms with Gasteiger partial charge in [0.1, 0.15) is 11.6 Å². The number of hydrogen-bond acceptors (Lipinski definition) is 5. The first kappa shape index (κ1) is 17.9. The van der Waals surface area contributed by atoms with Crippen LogP contribution in [0.2, 0.25) is 0 Å². The van der Waals surface area contributed by atoms with Crippen molar-refractivity contribution in [3.63, 3.8) is 0 Å². The van der Waals surface area contributed by atoms with Gasteiger partial charge in [-0.05, 0) is 48.0 Å². The molecule has 19 heavy (non-hydrogen) atoms. The van der Waals surface area contributed by atoms with Crippen LogP contribution in [0.25, 0.3) is 0 Å². The van der Waals surface area contributed by atoms with E-state index in [0.29, 0.717) is 0 Å². The van der Waals surface area contributed by atoms with Gasteiger partial charge in [0.15, 0.2) is 0 Å². The molecule has 0 aromatic rings. The second-order valence-electron chi connectivity index (χ2n) is 6.35. The van der Waals surface area contributed by atoms with Gasteiger partial charge in [0.2, 0.25) is 0 Å². The molecule has 0 fully saturated rings. The van der Waals surface area contributed by atoms with Crippen LogP contribution in [0, 0.1) is 0 Å². The van der Waals surface area contributed by atoms with Crippen LogP contribution < -0.4 is 5.48 Å². The fourth-order valence-electron chi connectivity index (χ4n) is 1.14. The normalized spacial score (nSPS) is 14.0. The molecule has 0 spiro atoms. The molecule has 0 rings (SSSR count). The van der Waals surface area contributed by atoms with Crippen LogP contribution in [0.15, 0.2) is 0 Å². The van der Waals surface area contributed by atoms with Crippen molar-refractivity contribution < 1.29 is 24.3 Å². The third kappa shape index (κ3) is 10.5. The van der Waals surface area contributed by atoms with Crippen LogP contribution in [-0.4, -0.2) is 34.3 Å². The Hall–Kier alpha value is -1.14. The molecule has 0 saturated heterocycles. The molecular weight excluding hydrogens is 250 g/mol. The first-order chi connectivity index (χ1) is 8.41. The molecule has 6 heteroatoms. The molecule has 0 aliphatic heterocycles. The standard InChI is InChI=1S/C13H25NO5/c1-12(2,3)18-10(15)8-7-9(11(16)17)14-19-13(4,5)6/h9,14H,7-8H2,1-6H3,(H,16,17)/t9-/m0/s1. The Labute approximate surface area is 114 Å². The van der Waals surface area contributed by atoms with E-state index >= 15 is 0 Å². The minimum absolute atomic E-state index is 0.0226. The van der Waals surface area contributed by atoms with E-state index < -0.39 is 29.2 Å². The minimum atomic E-state index is -1.06. The smallest absolute Gasteiger partial charge is 0.323 e. The average molecular weight is 275 g/mol. The summed E-state index contributed by atoms with van der Waals surface area (Å²) in [6.45, 7) is 10.7. The van der Waals surface area contributed by atoms with Crippen molar-refractivity contribution >= 4 is 11.9 Å². The molecule has 0 aromatic heterocycles. The number of esters is 1. The van der Waals surface area contributed by atoms with Crippen LogP contribution in [0.1, 0.15) is 54.4 Å². The highest BCUT2D eigenvalue weighted by Gasteiger charge is 2.23. The number of aliphatic carboxylic acids is 1. The van der Waals surface area contributed by atoms with Crippen molar-refractivity contribution in [3.05, 3.63) is 0 Å². The number of carbonyl (C=O) groups excluding carboxylic acids is 1. The van der Waals surface area contributed by atoms with E-state index in [0.717, 1.165) is 0 Å². The number of carboxylic acid groups (broad SMARTS) is 1. The van der Waals surface area contributed by atoms with Crippen molar-refractivity contribution in [2.45, 2.75) is 71.6 Å². The third-order valence-electron chi connectivity index (χ3n) is 1.86. The zero-order valence-electron chi connectivity index (χ0n) is 12.6. The maximum absolute atomic E-state index is 11.5. The predicted octanol–water partition coefficient (Wildman–Crippen LogP) is 1.88. The Bertz CT molecular complexity index is 314. The van der Waals surface area contributed by atoms with Crippen LogP contribution in [0.4, 0.5) is 0 Å². The van der Waals surface area contributed by atoms with Gasteiger partial charge < -0.3 is 9.84 Å². The lowest BCUT2D eigenvalue weighted by molar-refractivity contribution is -0.157. The molecular formula is C13H25NO5. The zero-order chi connectivity index (χ0) is 15.3. The van der Waals surface area contributed by atoms with Gasteiger partial charge >= 0.3 is 11.9 Å².